The van der Waals surface area contributed by atoms with Gasteiger partial charge >= 0.3 is 0 Å². The number of aliphatic hydroxyl groups excluding tert-OH is 2. The molecular formula is C6H16Br2N2O2. The number of nitrogens with two attached hydrogens (primary N) is 2. The van der Waals surface area contributed by atoms with Gasteiger partial charge in [0, 0.05) is 13.1 Å². The largest absolute Gasteiger partial charge is 0.516 e. The van der Waals surface area contributed by atoms with Gasteiger partial charge in [0.1, 0.15) is 0 Å². The minimum Gasteiger partial charge on any atom is -0.516 e. The predicted octanol–water partition coefficient (Wildman–Crippen LogP) is 1.19. The van der Waals surface area contributed by atoms with E-state index in [1.807, 2.05) is 0 Å². The van der Waals surface area contributed by atoms with Crippen molar-refractivity contribution in [2.24, 2.45) is 11.5 Å². The van der Waals surface area contributed by atoms with Crippen molar-refractivity contribution in [1.29, 1.82) is 0 Å². The second kappa shape index (κ2) is 30.6. The van der Waals surface area contributed by atoms with E-state index in [0.717, 1.165) is 12.5 Å². The van der Waals surface area contributed by atoms with Crippen molar-refractivity contribution in [1.82, 2.24) is 0 Å². The zero-order valence-corrected chi connectivity index (χ0v) is 10.0. The van der Waals surface area contributed by atoms with Gasteiger partial charge in [-0.3, -0.25) is 0 Å². The molecule has 6 N–H and O–H groups in total. The van der Waals surface area contributed by atoms with Crippen LogP contribution in [0.3, 0.4) is 0 Å². The van der Waals surface area contributed by atoms with Gasteiger partial charge in [-0.05, 0) is 12.2 Å². The van der Waals surface area contributed by atoms with Crippen molar-refractivity contribution in [3.8, 4) is 0 Å². The van der Waals surface area contributed by atoms with Crippen LogP contribution in [0.25, 0.3) is 0 Å². The first kappa shape index (κ1) is 22.7. The smallest absolute Gasteiger partial charge is 0.0764 e. The standard InChI is InChI=1S/2C3H7NO.2BrH/c2*4-2-1-3-5;;/h2*1,3,5H,2,4H2;2*1H. The molecule has 6 heteroatoms. The van der Waals surface area contributed by atoms with Crippen LogP contribution >= 0.6 is 34.0 Å². The molecule has 0 spiro atoms. The number of hydrogen-bond acceptors (Lipinski definition) is 4. The van der Waals surface area contributed by atoms with Crippen molar-refractivity contribution >= 4 is 34.0 Å². The Bertz CT molecular complexity index is 87.5. The lowest BCUT2D eigenvalue weighted by Gasteiger charge is -1.67. The van der Waals surface area contributed by atoms with E-state index in [9.17, 15) is 0 Å². The van der Waals surface area contributed by atoms with Gasteiger partial charge in [-0.15, -0.1) is 34.0 Å². The monoisotopic (exact) mass is 306 g/mol. The Balaban J connectivity index is -0.0000000457. The normalized spacial score (nSPS) is 8.17. The lowest BCUT2D eigenvalue weighted by atomic mass is 10.6. The molecule has 0 radical (unpaired) electrons. The summed E-state index contributed by atoms with van der Waals surface area (Å²) >= 11 is 0. The molecule has 0 amide bonds. The van der Waals surface area contributed by atoms with E-state index in [0.29, 0.717) is 13.1 Å². The highest BCUT2D eigenvalue weighted by atomic mass is 79.9. The number of halogens is 2. The molecule has 0 aromatic heterocycles. The number of rotatable bonds is 2. The number of aliphatic hydroxyl groups is 2. The van der Waals surface area contributed by atoms with Gasteiger partial charge in [0.05, 0.1) is 12.5 Å². The molecule has 0 bridgehead atoms. The summed E-state index contributed by atoms with van der Waals surface area (Å²) in [6.07, 6.45) is 4.78. The molecule has 0 heterocycles. The molecular weight excluding hydrogens is 292 g/mol. The lowest BCUT2D eigenvalue weighted by molar-refractivity contribution is 0.471. The van der Waals surface area contributed by atoms with Crippen LogP contribution in [0.5, 0.6) is 0 Å². The second-order valence-electron chi connectivity index (χ2n) is 1.24. The van der Waals surface area contributed by atoms with Crippen LogP contribution in [-0.2, 0) is 0 Å². The van der Waals surface area contributed by atoms with Crippen LogP contribution < -0.4 is 11.5 Å². The molecule has 0 fully saturated rings. The Morgan fingerprint density at radius 3 is 1.08 bits per heavy atom. The van der Waals surface area contributed by atoms with Crippen LogP contribution in [-0.4, -0.2) is 23.3 Å². The summed E-state index contributed by atoms with van der Waals surface area (Å²) < 4.78 is 0. The maximum Gasteiger partial charge on any atom is 0.0764 e. The Hall–Kier alpha value is -0.0400. The Morgan fingerprint density at radius 1 is 0.833 bits per heavy atom. The summed E-state index contributed by atoms with van der Waals surface area (Å²) in [5.41, 5.74) is 9.78. The van der Waals surface area contributed by atoms with Gasteiger partial charge in [-0.25, -0.2) is 0 Å². The van der Waals surface area contributed by atoms with Crippen LogP contribution in [0.2, 0.25) is 0 Å². The zero-order valence-electron chi connectivity index (χ0n) is 6.59. The average Bonchev–Trinajstić information content (AvgIpc) is 1.93. The maximum atomic E-state index is 7.81. The van der Waals surface area contributed by atoms with Crippen molar-refractivity contribution in [3.63, 3.8) is 0 Å². The van der Waals surface area contributed by atoms with E-state index in [-0.39, 0.29) is 34.0 Å². The van der Waals surface area contributed by atoms with Gasteiger partial charge in [0.25, 0.3) is 0 Å². The maximum absolute atomic E-state index is 7.81. The SMILES string of the molecule is Br.Br.NCC=CO.NCC=CO. The molecule has 0 aromatic rings. The molecule has 12 heavy (non-hydrogen) atoms. The minimum absolute atomic E-state index is 0. The van der Waals surface area contributed by atoms with Gasteiger partial charge in [-0.1, -0.05) is 0 Å². The van der Waals surface area contributed by atoms with E-state index < -0.39 is 0 Å². The van der Waals surface area contributed by atoms with Gasteiger partial charge in [0.2, 0.25) is 0 Å². The first-order valence-electron chi connectivity index (χ1n) is 2.82. The fourth-order valence-corrected chi connectivity index (χ4v) is 0.122. The predicted molar refractivity (Wildman–Crippen MR) is 62.3 cm³/mol. The fraction of sp³-hybridized carbons (Fsp3) is 0.333. The summed E-state index contributed by atoms with van der Waals surface area (Å²) in [5, 5.41) is 15.6. The highest BCUT2D eigenvalue weighted by molar-refractivity contribution is 8.93. The van der Waals surface area contributed by atoms with E-state index in [1.165, 1.54) is 12.2 Å². The summed E-state index contributed by atoms with van der Waals surface area (Å²) in [7, 11) is 0. The summed E-state index contributed by atoms with van der Waals surface area (Å²) in [5.74, 6) is 0. The van der Waals surface area contributed by atoms with E-state index in [2.05, 4.69) is 0 Å². The van der Waals surface area contributed by atoms with Crippen LogP contribution in [0, 0.1) is 0 Å². The molecule has 0 atom stereocenters. The van der Waals surface area contributed by atoms with Crippen LogP contribution in [0.1, 0.15) is 0 Å². The third-order valence-corrected chi connectivity index (χ3v) is 0.483. The third kappa shape index (κ3) is 51.0. The van der Waals surface area contributed by atoms with Crippen molar-refractivity contribution in [2.75, 3.05) is 13.1 Å². The van der Waals surface area contributed by atoms with Crippen molar-refractivity contribution in [3.05, 3.63) is 24.7 Å². The van der Waals surface area contributed by atoms with Gasteiger partial charge in [0.15, 0.2) is 0 Å². The molecule has 0 aromatic carbocycles. The number of hydrogen-bond donors (Lipinski definition) is 4. The Morgan fingerprint density at radius 2 is 1.08 bits per heavy atom. The summed E-state index contributed by atoms with van der Waals surface area (Å²) in [6.45, 7) is 0.826. The minimum atomic E-state index is 0. The lowest BCUT2D eigenvalue weighted by Crippen LogP contribution is -1.91. The van der Waals surface area contributed by atoms with E-state index in [1.54, 1.807) is 0 Å². The van der Waals surface area contributed by atoms with Crippen molar-refractivity contribution < 1.29 is 10.2 Å². The quantitative estimate of drug-likeness (QED) is 0.577. The summed E-state index contributed by atoms with van der Waals surface area (Å²) in [4.78, 5) is 0. The van der Waals surface area contributed by atoms with E-state index in [4.69, 9.17) is 21.7 Å². The molecule has 0 unspecified atom stereocenters. The fourth-order valence-electron chi connectivity index (χ4n) is 0.122. The van der Waals surface area contributed by atoms with E-state index >= 15 is 0 Å². The molecule has 0 rings (SSSR count). The molecule has 0 aliphatic heterocycles. The first-order chi connectivity index (χ1) is 4.83. The molecule has 0 saturated heterocycles. The molecule has 76 valence electrons. The highest BCUT2D eigenvalue weighted by Crippen LogP contribution is 1.53. The van der Waals surface area contributed by atoms with Crippen LogP contribution in [0.15, 0.2) is 24.7 Å². The Labute approximate surface area is 93.5 Å². The summed E-state index contributed by atoms with van der Waals surface area (Å²) in [6, 6.07) is 0. The van der Waals surface area contributed by atoms with Crippen LogP contribution in [0.4, 0.5) is 0 Å². The zero-order chi connectivity index (χ0) is 8.24. The second-order valence-corrected chi connectivity index (χ2v) is 1.24. The molecule has 0 aliphatic rings. The highest BCUT2D eigenvalue weighted by Gasteiger charge is 1.53. The molecule has 0 saturated carbocycles. The first-order valence-corrected chi connectivity index (χ1v) is 2.82. The topological polar surface area (TPSA) is 92.5 Å². The molecule has 0 aliphatic carbocycles. The average molecular weight is 308 g/mol. The third-order valence-electron chi connectivity index (χ3n) is 0.483. The molecule has 4 nitrogen and oxygen atoms in total. The van der Waals surface area contributed by atoms with Crippen molar-refractivity contribution in [2.45, 2.75) is 0 Å². The Kier molecular flexibility index (Phi) is 57.8. The van der Waals surface area contributed by atoms with Gasteiger partial charge in [-0.2, -0.15) is 0 Å². The van der Waals surface area contributed by atoms with Gasteiger partial charge < -0.3 is 21.7 Å².